The first-order valence-electron chi connectivity index (χ1n) is 7.44. The monoisotopic (exact) mass is 339 g/mol. The summed E-state index contributed by atoms with van der Waals surface area (Å²) in [5.41, 5.74) is 2.02. The molecule has 1 saturated heterocycles. The molecule has 20 heavy (non-hydrogen) atoms. The van der Waals surface area contributed by atoms with Crippen LogP contribution in [0.25, 0.3) is 0 Å². The van der Waals surface area contributed by atoms with Gasteiger partial charge < -0.3 is 10.2 Å². The molecule has 2 rings (SSSR count). The summed E-state index contributed by atoms with van der Waals surface area (Å²) in [6.07, 6.45) is 3.25. The number of amides is 1. The molecule has 0 radical (unpaired) electrons. The summed E-state index contributed by atoms with van der Waals surface area (Å²) < 4.78 is 1.07. The molecule has 1 aromatic rings. The molecule has 2 unspecified atom stereocenters. The quantitative estimate of drug-likeness (QED) is 0.867. The van der Waals surface area contributed by atoms with Gasteiger partial charge in [-0.1, -0.05) is 22.9 Å². The number of hydrogen-bond donors (Lipinski definition) is 2. The number of nitrogens with one attached hydrogen (secondary N) is 2. The van der Waals surface area contributed by atoms with Crippen molar-refractivity contribution in [3.63, 3.8) is 0 Å². The second-order valence-corrected chi connectivity index (χ2v) is 6.82. The van der Waals surface area contributed by atoms with Gasteiger partial charge in [0, 0.05) is 16.1 Å². The largest absolute Gasteiger partial charge is 0.334 e. The van der Waals surface area contributed by atoms with Gasteiger partial charge in [0.1, 0.15) is 0 Å². The van der Waals surface area contributed by atoms with Gasteiger partial charge in [0.25, 0.3) is 0 Å². The van der Waals surface area contributed by atoms with Crippen LogP contribution in [0.2, 0.25) is 0 Å². The minimum atomic E-state index is 0.123. The molecule has 1 aromatic carbocycles. The fourth-order valence-electron chi connectivity index (χ4n) is 2.86. The Bertz CT molecular complexity index is 476. The van der Waals surface area contributed by atoms with Gasteiger partial charge in [0.2, 0.25) is 5.91 Å². The van der Waals surface area contributed by atoms with Crippen molar-refractivity contribution in [3.8, 4) is 0 Å². The van der Waals surface area contributed by atoms with Crippen LogP contribution in [0.5, 0.6) is 0 Å². The number of rotatable bonds is 4. The lowest BCUT2D eigenvalue weighted by Gasteiger charge is -2.27. The van der Waals surface area contributed by atoms with Crippen molar-refractivity contribution in [1.82, 2.24) is 0 Å². The zero-order valence-corrected chi connectivity index (χ0v) is 13.9. The molecule has 0 aromatic heterocycles. The van der Waals surface area contributed by atoms with Gasteiger partial charge in [-0.15, -0.1) is 0 Å². The molecule has 3 nitrogen and oxygen atoms in total. The zero-order valence-electron chi connectivity index (χ0n) is 12.3. The van der Waals surface area contributed by atoms with E-state index in [1.165, 1.54) is 25.9 Å². The van der Waals surface area contributed by atoms with E-state index in [-0.39, 0.29) is 5.91 Å². The Hall–Kier alpha value is -0.870. The van der Waals surface area contributed by atoms with Gasteiger partial charge in [0.05, 0.1) is 26.1 Å². The van der Waals surface area contributed by atoms with E-state index in [1.54, 1.807) is 4.90 Å². The summed E-state index contributed by atoms with van der Waals surface area (Å²) in [5, 5.41) is 2.99. The van der Waals surface area contributed by atoms with Gasteiger partial charge in [-0.2, -0.15) is 0 Å². The van der Waals surface area contributed by atoms with Crippen LogP contribution in [0.1, 0.15) is 31.7 Å². The highest BCUT2D eigenvalue weighted by atomic mass is 79.9. The number of benzene rings is 1. The Kier molecular flexibility index (Phi) is 5.61. The molecule has 2 atom stereocenters. The number of anilines is 1. The van der Waals surface area contributed by atoms with Crippen molar-refractivity contribution < 1.29 is 9.69 Å². The van der Waals surface area contributed by atoms with Crippen LogP contribution >= 0.6 is 15.9 Å². The first-order chi connectivity index (χ1) is 9.54. The average Bonchev–Trinajstić information content (AvgIpc) is 2.41. The second kappa shape index (κ2) is 7.23. The first kappa shape index (κ1) is 15.5. The van der Waals surface area contributed by atoms with Crippen LogP contribution in [-0.4, -0.2) is 25.5 Å². The molecule has 110 valence electrons. The number of carbonyl (C=O) groups excluding carboxylic acids is 1. The van der Waals surface area contributed by atoms with Crippen molar-refractivity contribution in [3.05, 3.63) is 28.2 Å². The Balaban J connectivity index is 1.78. The number of piperidine rings is 1. The van der Waals surface area contributed by atoms with Crippen molar-refractivity contribution in [2.24, 2.45) is 5.92 Å². The van der Waals surface area contributed by atoms with E-state index >= 15 is 0 Å². The third-order valence-corrected chi connectivity index (χ3v) is 4.90. The maximum Gasteiger partial charge on any atom is 0.230 e. The summed E-state index contributed by atoms with van der Waals surface area (Å²) in [4.78, 5) is 13.6. The Morgan fingerprint density at radius 1 is 1.50 bits per heavy atom. The zero-order chi connectivity index (χ0) is 14.5. The van der Waals surface area contributed by atoms with Crippen molar-refractivity contribution in [2.45, 2.75) is 33.1 Å². The molecular formula is C16H24BrN2O+. The molecule has 0 bridgehead atoms. The smallest absolute Gasteiger partial charge is 0.230 e. The highest BCUT2D eigenvalue weighted by Crippen LogP contribution is 2.19. The molecule has 0 spiro atoms. The number of carbonyl (C=O) groups is 1. The van der Waals surface area contributed by atoms with Crippen LogP contribution in [0.3, 0.4) is 0 Å². The average molecular weight is 340 g/mol. The SMILES string of the molecule is Cc1cc(NC(=O)CC[NH+]2CCCC(C)C2)ccc1Br. The minimum Gasteiger partial charge on any atom is -0.334 e. The number of hydrogen-bond acceptors (Lipinski definition) is 1. The predicted octanol–water partition coefficient (Wildman–Crippen LogP) is 2.40. The Morgan fingerprint density at radius 3 is 3.00 bits per heavy atom. The molecule has 1 fully saturated rings. The van der Waals surface area contributed by atoms with Crippen molar-refractivity contribution >= 4 is 27.5 Å². The molecule has 1 aliphatic rings. The molecule has 4 heteroatoms. The predicted molar refractivity (Wildman–Crippen MR) is 86.1 cm³/mol. The molecule has 0 aliphatic carbocycles. The molecule has 0 saturated carbocycles. The van der Waals surface area contributed by atoms with Gasteiger partial charge in [0.15, 0.2) is 0 Å². The van der Waals surface area contributed by atoms with E-state index in [0.29, 0.717) is 6.42 Å². The number of quaternary nitrogens is 1. The fourth-order valence-corrected chi connectivity index (χ4v) is 3.11. The summed E-state index contributed by atoms with van der Waals surface area (Å²) in [7, 11) is 0. The number of aryl methyl sites for hydroxylation is 1. The Labute approximate surface area is 129 Å². The number of halogens is 1. The van der Waals surface area contributed by atoms with Gasteiger partial charge >= 0.3 is 0 Å². The molecular weight excluding hydrogens is 316 g/mol. The molecule has 2 N–H and O–H groups in total. The second-order valence-electron chi connectivity index (χ2n) is 5.96. The van der Waals surface area contributed by atoms with Crippen molar-refractivity contribution in [2.75, 3.05) is 25.0 Å². The van der Waals surface area contributed by atoms with Gasteiger partial charge in [-0.3, -0.25) is 4.79 Å². The maximum atomic E-state index is 12.0. The molecule has 1 heterocycles. The van der Waals surface area contributed by atoms with Crippen molar-refractivity contribution in [1.29, 1.82) is 0 Å². The lowest BCUT2D eigenvalue weighted by Crippen LogP contribution is -3.13. The lowest BCUT2D eigenvalue weighted by atomic mass is 10.0. The van der Waals surface area contributed by atoms with Crippen LogP contribution in [-0.2, 0) is 4.79 Å². The Morgan fingerprint density at radius 2 is 2.30 bits per heavy atom. The highest BCUT2D eigenvalue weighted by Gasteiger charge is 2.20. The van der Waals surface area contributed by atoms with E-state index in [2.05, 4.69) is 28.2 Å². The van der Waals surface area contributed by atoms with E-state index in [4.69, 9.17) is 0 Å². The van der Waals surface area contributed by atoms with Crippen LogP contribution in [0, 0.1) is 12.8 Å². The van der Waals surface area contributed by atoms with Crippen LogP contribution < -0.4 is 10.2 Å². The van der Waals surface area contributed by atoms with E-state index < -0.39 is 0 Å². The fraction of sp³-hybridized carbons (Fsp3) is 0.562. The first-order valence-corrected chi connectivity index (χ1v) is 8.23. The standard InChI is InChI=1S/C16H23BrN2O/c1-12-4-3-8-19(11-12)9-7-16(20)18-14-5-6-15(17)13(2)10-14/h5-6,10,12H,3-4,7-9,11H2,1-2H3,(H,18,20)/p+1. The van der Waals surface area contributed by atoms with Crippen LogP contribution in [0.4, 0.5) is 5.69 Å². The van der Waals surface area contributed by atoms with Crippen LogP contribution in [0.15, 0.2) is 22.7 Å². The third-order valence-electron chi connectivity index (χ3n) is 4.01. The highest BCUT2D eigenvalue weighted by molar-refractivity contribution is 9.10. The number of likely N-dealkylation sites (tertiary alicyclic amines) is 1. The van der Waals surface area contributed by atoms with E-state index in [0.717, 1.165) is 28.2 Å². The summed E-state index contributed by atoms with van der Waals surface area (Å²) in [6, 6.07) is 5.91. The molecule has 1 amide bonds. The maximum absolute atomic E-state index is 12.0. The van der Waals surface area contributed by atoms with Gasteiger partial charge in [-0.25, -0.2) is 0 Å². The summed E-state index contributed by atoms with van der Waals surface area (Å²) in [6.45, 7) is 7.72. The third kappa shape index (κ3) is 4.60. The lowest BCUT2D eigenvalue weighted by molar-refractivity contribution is -0.907. The topological polar surface area (TPSA) is 33.5 Å². The normalized spacial score (nSPS) is 22.6. The molecule has 1 aliphatic heterocycles. The summed E-state index contributed by atoms with van der Waals surface area (Å²) in [5.74, 6) is 0.924. The minimum absolute atomic E-state index is 0.123. The van der Waals surface area contributed by atoms with Gasteiger partial charge in [-0.05, 0) is 43.5 Å². The summed E-state index contributed by atoms with van der Waals surface area (Å²) >= 11 is 3.47. The van der Waals surface area contributed by atoms with E-state index in [1.807, 2.05) is 25.1 Å². The van der Waals surface area contributed by atoms with E-state index in [9.17, 15) is 4.79 Å².